The van der Waals surface area contributed by atoms with Gasteiger partial charge in [-0.3, -0.25) is 0 Å². The topological polar surface area (TPSA) is 69.7 Å². The van der Waals surface area contributed by atoms with Gasteiger partial charge in [0, 0.05) is 19.6 Å². The van der Waals surface area contributed by atoms with Gasteiger partial charge in [-0.15, -0.1) is 0 Å². The summed E-state index contributed by atoms with van der Waals surface area (Å²) in [5, 5.41) is 2.41. The minimum atomic E-state index is -2.98. The van der Waals surface area contributed by atoms with Gasteiger partial charge in [-0.2, -0.15) is 0 Å². The molecule has 2 saturated heterocycles. The maximum Gasteiger partial charge on any atom is 0.317 e. The lowest BCUT2D eigenvalue weighted by Gasteiger charge is -2.23. The first-order valence-electron chi connectivity index (χ1n) is 8.49. The fraction of sp³-hybridized carbons (Fsp3) is 0.933. The van der Waals surface area contributed by atoms with E-state index >= 15 is 0 Å². The Morgan fingerprint density at radius 1 is 1.27 bits per heavy atom. The van der Waals surface area contributed by atoms with Crippen LogP contribution in [0.1, 0.15) is 39.0 Å². The summed E-state index contributed by atoms with van der Waals surface area (Å²) in [5.74, 6) is 0.265. The van der Waals surface area contributed by atoms with E-state index in [1.165, 1.54) is 25.9 Å². The number of likely N-dealkylation sites (tertiary alicyclic amines) is 1. The zero-order chi connectivity index (χ0) is 16.0. The molecule has 2 heterocycles. The Kier molecular flexibility index (Phi) is 6.50. The van der Waals surface area contributed by atoms with Crippen molar-refractivity contribution in [1.29, 1.82) is 0 Å². The summed E-state index contributed by atoms with van der Waals surface area (Å²) >= 11 is 0. The van der Waals surface area contributed by atoms with Gasteiger partial charge in [0.15, 0.2) is 9.84 Å². The van der Waals surface area contributed by atoms with Crippen molar-refractivity contribution in [3.63, 3.8) is 0 Å². The number of hydrogen-bond donors (Lipinski definition) is 1. The smallest absolute Gasteiger partial charge is 0.317 e. The van der Waals surface area contributed by atoms with Gasteiger partial charge >= 0.3 is 6.03 Å². The summed E-state index contributed by atoms with van der Waals surface area (Å²) in [6, 6.07) is -0.133. The molecule has 0 aliphatic carbocycles. The molecule has 128 valence electrons. The zero-order valence-electron chi connectivity index (χ0n) is 13.6. The van der Waals surface area contributed by atoms with E-state index in [1.54, 1.807) is 4.90 Å². The van der Waals surface area contributed by atoms with Crippen molar-refractivity contribution in [1.82, 2.24) is 15.1 Å². The Labute approximate surface area is 134 Å². The van der Waals surface area contributed by atoms with Crippen molar-refractivity contribution in [2.24, 2.45) is 0 Å². The quantitative estimate of drug-likeness (QED) is 0.758. The third-order valence-electron chi connectivity index (χ3n) is 4.71. The van der Waals surface area contributed by atoms with E-state index in [-0.39, 0.29) is 23.6 Å². The normalized spacial score (nSPS) is 24.5. The molecule has 2 rings (SSSR count). The highest BCUT2D eigenvalue weighted by molar-refractivity contribution is 7.92. The van der Waals surface area contributed by atoms with Crippen LogP contribution in [0.2, 0.25) is 0 Å². The molecule has 0 unspecified atom stereocenters. The first-order valence-corrected chi connectivity index (χ1v) is 10.2. The number of rotatable bonds is 7. The second-order valence-electron chi connectivity index (χ2n) is 6.30. The van der Waals surface area contributed by atoms with Crippen LogP contribution in [0.4, 0.5) is 4.79 Å². The van der Waals surface area contributed by atoms with Gasteiger partial charge in [0.2, 0.25) is 0 Å². The third kappa shape index (κ3) is 4.84. The van der Waals surface area contributed by atoms with Crippen LogP contribution < -0.4 is 5.32 Å². The summed E-state index contributed by atoms with van der Waals surface area (Å²) < 4.78 is 23.5. The van der Waals surface area contributed by atoms with Crippen molar-refractivity contribution in [3.05, 3.63) is 0 Å². The fourth-order valence-electron chi connectivity index (χ4n) is 3.30. The minimum absolute atomic E-state index is 0.133. The van der Waals surface area contributed by atoms with Crippen molar-refractivity contribution < 1.29 is 13.2 Å². The second-order valence-corrected chi connectivity index (χ2v) is 8.70. The number of urea groups is 1. The van der Waals surface area contributed by atoms with Gasteiger partial charge in [0.1, 0.15) is 0 Å². The molecule has 0 saturated carbocycles. The van der Waals surface area contributed by atoms with Gasteiger partial charge in [0.05, 0.1) is 11.0 Å². The second kappa shape index (κ2) is 8.15. The van der Waals surface area contributed by atoms with Gasteiger partial charge in [-0.25, -0.2) is 13.2 Å². The van der Waals surface area contributed by atoms with Crippen LogP contribution in [0.25, 0.3) is 0 Å². The fourth-order valence-corrected chi connectivity index (χ4v) is 5.06. The van der Waals surface area contributed by atoms with E-state index in [9.17, 15) is 13.2 Å². The lowest BCUT2D eigenvalue weighted by molar-refractivity contribution is 0.196. The number of nitrogens with zero attached hydrogens (tertiary/aromatic N) is 2. The molecule has 2 amide bonds. The molecule has 6 nitrogen and oxygen atoms in total. The van der Waals surface area contributed by atoms with Crippen LogP contribution in [0, 0.1) is 0 Å². The highest BCUT2D eigenvalue weighted by Gasteiger charge is 2.31. The van der Waals surface area contributed by atoms with Crippen LogP contribution in [-0.4, -0.2) is 74.5 Å². The van der Waals surface area contributed by atoms with Crippen LogP contribution >= 0.6 is 0 Å². The molecule has 1 atom stereocenters. The number of sulfone groups is 1. The summed E-state index contributed by atoms with van der Waals surface area (Å²) in [6.07, 6.45) is 4.94. The molecular formula is C15H29N3O3S. The Bertz CT molecular complexity index is 461. The zero-order valence-corrected chi connectivity index (χ0v) is 14.4. The van der Waals surface area contributed by atoms with Crippen LogP contribution in [0.15, 0.2) is 0 Å². The van der Waals surface area contributed by atoms with Gasteiger partial charge in [0.25, 0.3) is 0 Å². The predicted molar refractivity (Wildman–Crippen MR) is 87.7 cm³/mol. The average Bonchev–Trinajstić information content (AvgIpc) is 3.10. The number of hydrogen-bond acceptors (Lipinski definition) is 4. The first-order chi connectivity index (χ1) is 10.5. The third-order valence-corrected chi connectivity index (χ3v) is 6.99. The van der Waals surface area contributed by atoms with Crippen LogP contribution in [0.5, 0.6) is 0 Å². The van der Waals surface area contributed by atoms with Gasteiger partial charge < -0.3 is 15.1 Å². The molecule has 2 fully saturated rings. The number of carbonyl (C=O) groups excluding carboxylic acids is 1. The van der Waals surface area contributed by atoms with E-state index in [1.807, 2.05) is 6.92 Å². The summed E-state index contributed by atoms with van der Waals surface area (Å²) in [4.78, 5) is 16.4. The molecule has 0 spiro atoms. The van der Waals surface area contributed by atoms with E-state index in [0.29, 0.717) is 13.0 Å². The summed E-state index contributed by atoms with van der Waals surface area (Å²) in [6.45, 7) is 7.00. The SMILES string of the molecule is CCN(CCCN1CCCC1)C(=O)NC[C@H]1CCCS1(=O)=O. The first kappa shape index (κ1) is 17.5. The van der Waals surface area contributed by atoms with Crippen molar-refractivity contribution in [3.8, 4) is 0 Å². The minimum Gasteiger partial charge on any atom is -0.337 e. The van der Waals surface area contributed by atoms with E-state index in [2.05, 4.69) is 10.2 Å². The monoisotopic (exact) mass is 331 g/mol. The number of amides is 2. The van der Waals surface area contributed by atoms with Crippen LogP contribution in [-0.2, 0) is 9.84 Å². The Morgan fingerprint density at radius 3 is 2.59 bits per heavy atom. The maximum absolute atomic E-state index is 12.2. The predicted octanol–water partition coefficient (Wildman–Crippen LogP) is 1.08. The Morgan fingerprint density at radius 2 is 2.00 bits per heavy atom. The molecule has 0 aromatic heterocycles. The van der Waals surface area contributed by atoms with E-state index in [4.69, 9.17) is 0 Å². The van der Waals surface area contributed by atoms with E-state index < -0.39 is 9.84 Å². The Hall–Kier alpha value is -0.820. The van der Waals surface area contributed by atoms with Crippen molar-refractivity contribution in [2.75, 3.05) is 45.0 Å². The lowest BCUT2D eigenvalue weighted by Crippen LogP contribution is -2.44. The van der Waals surface area contributed by atoms with Gasteiger partial charge in [-0.05, 0) is 58.7 Å². The highest BCUT2D eigenvalue weighted by atomic mass is 32.2. The number of carbonyl (C=O) groups is 1. The standard InChI is InChI=1S/C15H29N3O3S/c1-2-18(11-6-10-17-8-3-4-9-17)15(19)16-13-14-7-5-12-22(14,20)21/h14H,2-13H2,1H3,(H,16,19)/t14-/m1/s1. The molecular weight excluding hydrogens is 302 g/mol. The summed E-state index contributed by atoms with van der Waals surface area (Å²) in [5.41, 5.74) is 0. The molecule has 0 aromatic rings. The lowest BCUT2D eigenvalue weighted by atomic mass is 10.2. The molecule has 2 aliphatic rings. The van der Waals surface area contributed by atoms with Crippen LogP contribution in [0.3, 0.4) is 0 Å². The number of nitrogens with one attached hydrogen (secondary N) is 1. The average molecular weight is 331 g/mol. The molecule has 0 radical (unpaired) electrons. The molecule has 7 heteroatoms. The largest absolute Gasteiger partial charge is 0.337 e. The molecule has 22 heavy (non-hydrogen) atoms. The molecule has 2 aliphatic heterocycles. The summed E-state index contributed by atoms with van der Waals surface area (Å²) in [7, 11) is -2.98. The van der Waals surface area contributed by atoms with E-state index in [0.717, 1.165) is 25.9 Å². The van der Waals surface area contributed by atoms with Crippen molar-refractivity contribution >= 4 is 15.9 Å². The maximum atomic E-state index is 12.2. The van der Waals surface area contributed by atoms with Crippen molar-refractivity contribution in [2.45, 2.75) is 44.3 Å². The Balaban J connectivity index is 1.69. The highest BCUT2D eigenvalue weighted by Crippen LogP contribution is 2.19. The molecule has 0 aromatic carbocycles. The molecule has 0 bridgehead atoms. The molecule has 1 N–H and O–H groups in total. The van der Waals surface area contributed by atoms with Gasteiger partial charge in [-0.1, -0.05) is 0 Å².